The van der Waals surface area contributed by atoms with Gasteiger partial charge in [0.2, 0.25) is 0 Å². The molecule has 0 amide bonds. The Morgan fingerprint density at radius 3 is 1.97 bits per heavy atom. The molecule has 1 unspecified atom stereocenters. The molecule has 1 fully saturated rings. The third-order valence-corrected chi connectivity index (χ3v) is 7.46. The summed E-state index contributed by atoms with van der Waals surface area (Å²) in [6, 6.07) is 18.7. The van der Waals surface area contributed by atoms with Crippen molar-refractivity contribution in [1.29, 1.82) is 0 Å². The number of benzene rings is 2. The molecular weight excluding hydrogens is 348 g/mol. The Hall–Kier alpha value is -1.82. The molecule has 2 aliphatic carbocycles. The number of rotatable bonds is 6. The summed E-state index contributed by atoms with van der Waals surface area (Å²) in [7, 11) is 0. The van der Waals surface area contributed by atoms with Gasteiger partial charge in [-0.05, 0) is 90.5 Å². The summed E-state index contributed by atoms with van der Waals surface area (Å²) in [4.78, 5) is 0. The first-order valence-corrected chi connectivity index (χ1v) is 12.1. The monoisotopic (exact) mass is 386 g/mol. The van der Waals surface area contributed by atoms with E-state index in [-0.39, 0.29) is 0 Å². The quantitative estimate of drug-likeness (QED) is 0.464. The van der Waals surface area contributed by atoms with Gasteiger partial charge in [-0.25, -0.2) is 0 Å². The van der Waals surface area contributed by atoms with E-state index in [1.807, 2.05) is 0 Å². The van der Waals surface area contributed by atoms with Crippen molar-refractivity contribution in [2.24, 2.45) is 11.8 Å². The minimum absolute atomic E-state index is 0.782. The predicted molar refractivity (Wildman–Crippen MR) is 127 cm³/mol. The van der Waals surface area contributed by atoms with Crippen LogP contribution in [0, 0.1) is 11.8 Å². The number of allylic oxidation sites excluding steroid dienone is 2. The molecule has 29 heavy (non-hydrogen) atoms. The summed E-state index contributed by atoms with van der Waals surface area (Å²) in [6.45, 7) is 4.67. The Kier molecular flexibility index (Phi) is 6.90. The van der Waals surface area contributed by atoms with Crippen LogP contribution in [0.1, 0.15) is 95.1 Å². The van der Waals surface area contributed by atoms with Crippen molar-refractivity contribution in [2.75, 3.05) is 0 Å². The highest BCUT2D eigenvalue weighted by Crippen LogP contribution is 2.38. The van der Waals surface area contributed by atoms with Crippen LogP contribution >= 0.6 is 0 Å². The summed E-state index contributed by atoms with van der Waals surface area (Å²) >= 11 is 0. The van der Waals surface area contributed by atoms with E-state index in [1.54, 1.807) is 11.1 Å². The van der Waals surface area contributed by atoms with Crippen molar-refractivity contribution in [3.05, 3.63) is 65.7 Å². The topological polar surface area (TPSA) is 0 Å². The fourth-order valence-electron chi connectivity index (χ4n) is 5.33. The number of hydrogen-bond donors (Lipinski definition) is 0. The third-order valence-electron chi connectivity index (χ3n) is 7.46. The van der Waals surface area contributed by atoms with Gasteiger partial charge in [-0.3, -0.25) is 0 Å². The van der Waals surface area contributed by atoms with Crippen molar-refractivity contribution in [3.8, 4) is 11.1 Å². The van der Waals surface area contributed by atoms with E-state index in [4.69, 9.17) is 0 Å². The van der Waals surface area contributed by atoms with E-state index in [0.717, 1.165) is 17.8 Å². The predicted octanol–water partition coefficient (Wildman–Crippen LogP) is 9.02. The van der Waals surface area contributed by atoms with Crippen LogP contribution in [-0.2, 0) is 0 Å². The molecule has 2 aromatic rings. The Bertz CT molecular complexity index is 785. The highest BCUT2D eigenvalue weighted by molar-refractivity contribution is 5.71. The lowest BCUT2D eigenvalue weighted by molar-refractivity contribution is 0.304. The van der Waals surface area contributed by atoms with Crippen LogP contribution in [0.4, 0.5) is 0 Å². The van der Waals surface area contributed by atoms with Gasteiger partial charge in [0.25, 0.3) is 0 Å². The standard InChI is InChI=1S/C29H38/c1-3-4-5-23-8-12-25(13-9-23)27-16-20-29(21-17-27)28-18-14-26(15-19-28)24-10-6-22(2)7-11-24/h10,14-23,25H,3-9,11-13H2,1-2H3. The zero-order chi connectivity index (χ0) is 20.1. The molecule has 4 rings (SSSR count). The second-order valence-electron chi connectivity index (χ2n) is 9.67. The second kappa shape index (κ2) is 9.79. The number of hydrogen-bond acceptors (Lipinski definition) is 0. The average molecular weight is 387 g/mol. The largest absolute Gasteiger partial charge is 0.0805 e. The van der Waals surface area contributed by atoms with E-state index in [2.05, 4.69) is 68.5 Å². The van der Waals surface area contributed by atoms with Gasteiger partial charge in [-0.1, -0.05) is 87.7 Å². The summed E-state index contributed by atoms with van der Waals surface area (Å²) in [6.07, 6.45) is 16.1. The Labute approximate surface area is 178 Å². The maximum absolute atomic E-state index is 2.45. The highest BCUT2D eigenvalue weighted by atomic mass is 14.3. The van der Waals surface area contributed by atoms with Crippen LogP contribution in [0.15, 0.2) is 54.6 Å². The molecule has 0 heterocycles. The van der Waals surface area contributed by atoms with E-state index in [0.29, 0.717) is 0 Å². The van der Waals surface area contributed by atoms with Gasteiger partial charge in [0.05, 0.1) is 0 Å². The van der Waals surface area contributed by atoms with E-state index in [1.165, 1.54) is 80.9 Å². The zero-order valence-electron chi connectivity index (χ0n) is 18.5. The van der Waals surface area contributed by atoms with Gasteiger partial charge >= 0.3 is 0 Å². The Balaban J connectivity index is 1.37. The zero-order valence-corrected chi connectivity index (χ0v) is 18.5. The van der Waals surface area contributed by atoms with Crippen molar-refractivity contribution in [1.82, 2.24) is 0 Å². The van der Waals surface area contributed by atoms with E-state index >= 15 is 0 Å². The SMILES string of the molecule is CCCCC1CCC(c2ccc(-c3ccc(C4=CCC(C)CC4)cc3)cc2)CC1. The maximum Gasteiger partial charge on any atom is -0.0162 e. The maximum atomic E-state index is 2.45. The van der Waals surface area contributed by atoms with Gasteiger partial charge < -0.3 is 0 Å². The Morgan fingerprint density at radius 1 is 0.759 bits per heavy atom. The van der Waals surface area contributed by atoms with Gasteiger partial charge in [0, 0.05) is 0 Å². The fraction of sp³-hybridized carbons (Fsp3) is 0.517. The molecule has 1 saturated carbocycles. The molecule has 0 saturated heterocycles. The minimum atomic E-state index is 0.782. The molecule has 0 heteroatoms. The molecule has 0 aromatic heterocycles. The van der Waals surface area contributed by atoms with Crippen molar-refractivity contribution in [3.63, 3.8) is 0 Å². The van der Waals surface area contributed by atoms with Crippen molar-refractivity contribution < 1.29 is 0 Å². The molecule has 0 spiro atoms. The van der Waals surface area contributed by atoms with Gasteiger partial charge in [0.1, 0.15) is 0 Å². The van der Waals surface area contributed by atoms with Crippen LogP contribution in [0.25, 0.3) is 16.7 Å². The molecule has 0 N–H and O–H groups in total. The summed E-state index contributed by atoms with van der Waals surface area (Å²) in [5, 5.41) is 0. The number of unbranched alkanes of at least 4 members (excludes halogenated alkanes) is 1. The lowest BCUT2D eigenvalue weighted by atomic mass is 9.77. The molecule has 0 radical (unpaired) electrons. The van der Waals surface area contributed by atoms with Crippen molar-refractivity contribution >= 4 is 5.57 Å². The van der Waals surface area contributed by atoms with E-state index < -0.39 is 0 Å². The first-order chi connectivity index (χ1) is 14.2. The van der Waals surface area contributed by atoms with Crippen LogP contribution in [0.3, 0.4) is 0 Å². The van der Waals surface area contributed by atoms with Gasteiger partial charge in [0.15, 0.2) is 0 Å². The van der Waals surface area contributed by atoms with Crippen molar-refractivity contribution in [2.45, 2.75) is 84.0 Å². The van der Waals surface area contributed by atoms with Gasteiger partial charge in [-0.15, -0.1) is 0 Å². The van der Waals surface area contributed by atoms with Crippen LogP contribution < -0.4 is 0 Å². The molecular formula is C29H38. The van der Waals surface area contributed by atoms with E-state index in [9.17, 15) is 0 Å². The smallest absolute Gasteiger partial charge is 0.0162 e. The normalized spacial score (nSPS) is 24.9. The summed E-state index contributed by atoms with van der Waals surface area (Å²) in [5.41, 5.74) is 7.20. The molecule has 1 atom stereocenters. The molecule has 2 aliphatic rings. The lowest BCUT2D eigenvalue weighted by Gasteiger charge is -2.29. The minimum Gasteiger partial charge on any atom is -0.0805 e. The van der Waals surface area contributed by atoms with Crippen LogP contribution in [-0.4, -0.2) is 0 Å². The molecule has 154 valence electrons. The molecule has 0 aliphatic heterocycles. The lowest BCUT2D eigenvalue weighted by Crippen LogP contribution is -2.13. The highest BCUT2D eigenvalue weighted by Gasteiger charge is 2.22. The first-order valence-electron chi connectivity index (χ1n) is 12.1. The summed E-state index contributed by atoms with van der Waals surface area (Å²) < 4.78 is 0. The van der Waals surface area contributed by atoms with Crippen LogP contribution in [0.5, 0.6) is 0 Å². The molecule has 0 bridgehead atoms. The molecule has 2 aromatic carbocycles. The third kappa shape index (κ3) is 5.21. The molecule has 0 nitrogen and oxygen atoms in total. The average Bonchev–Trinajstić information content (AvgIpc) is 2.79. The summed E-state index contributed by atoms with van der Waals surface area (Å²) in [5.74, 6) is 2.62. The van der Waals surface area contributed by atoms with Crippen LogP contribution in [0.2, 0.25) is 0 Å². The first kappa shape index (κ1) is 20.5. The Morgan fingerprint density at radius 2 is 1.38 bits per heavy atom. The fourth-order valence-corrected chi connectivity index (χ4v) is 5.33. The second-order valence-corrected chi connectivity index (χ2v) is 9.67. The van der Waals surface area contributed by atoms with Gasteiger partial charge in [-0.2, -0.15) is 0 Å².